The lowest BCUT2D eigenvalue weighted by atomic mass is 10.1. The number of piperazine rings is 1. The molecule has 1 aromatic heterocycles. The largest absolute Gasteiger partial charge is 0.352 e. The number of carbonyl (C=O) groups excluding carboxylic acids is 1. The van der Waals surface area contributed by atoms with Gasteiger partial charge in [-0.3, -0.25) is 4.79 Å². The average molecular weight is 269 g/mol. The summed E-state index contributed by atoms with van der Waals surface area (Å²) in [7, 11) is 0. The fourth-order valence-electron chi connectivity index (χ4n) is 2.63. The molecule has 6 heteroatoms. The van der Waals surface area contributed by atoms with Gasteiger partial charge in [0.15, 0.2) is 0 Å². The molecule has 0 aliphatic carbocycles. The molecule has 0 saturated carbocycles. The third kappa shape index (κ3) is 2.56. The highest BCUT2D eigenvalue weighted by molar-refractivity contribution is 6.29. The molecule has 98 valence electrons. The Labute approximate surface area is 112 Å². The molecule has 0 radical (unpaired) electrons. The predicted octanol–water partition coefficient (Wildman–Crippen LogP) is 1.58. The lowest BCUT2D eigenvalue weighted by Gasteiger charge is -2.44. The van der Waals surface area contributed by atoms with E-state index >= 15 is 0 Å². The summed E-state index contributed by atoms with van der Waals surface area (Å²) in [5, 5.41) is 0.439. The van der Waals surface area contributed by atoms with E-state index in [1.807, 2.05) is 18.7 Å². The third-order valence-electron chi connectivity index (χ3n) is 3.23. The second kappa shape index (κ2) is 5.10. The maximum Gasteiger partial charge on any atom is 0.220 e. The summed E-state index contributed by atoms with van der Waals surface area (Å²) in [5.74, 6) is 0.937. The number of hydrogen-bond acceptors (Lipinski definition) is 4. The monoisotopic (exact) mass is 268 g/mol. The van der Waals surface area contributed by atoms with Crippen molar-refractivity contribution in [2.75, 3.05) is 18.0 Å². The molecule has 2 rings (SSSR count). The first kappa shape index (κ1) is 13.1. The lowest BCUT2D eigenvalue weighted by molar-refractivity contribution is -0.133. The van der Waals surface area contributed by atoms with E-state index in [1.54, 1.807) is 13.0 Å². The Bertz CT molecular complexity index is 441. The summed E-state index contributed by atoms with van der Waals surface area (Å²) < 4.78 is 0. The average Bonchev–Trinajstić information content (AvgIpc) is 2.27. The summed E-state index contributed by atoms with van der Waals surface area (Å²) in [6.07, 6.45) is 1.46. The van der Waals surface area contributed by atoms with Gasteiger partial charge < -0.3 is 9.80 Å². The van der Waals surface area contributed by atoms with Crippen molar-refractivity contribution < 1.29 is 4.79 Å². The summed E-state index contributed by atoms with van der Waals surface area (Å²) >= 11 is 5.87. The van der Waals surface area contributed by atoms with Gasteiger partial charge in [0.1, 0.15) is 17.3 Å². The van der Waals surface area contributed by atoms with Crippen LogP contribution in [0.4, 0.5) is 5.82 Å². The van der Waals surface area contributed by atoms with Gasteiger partial charge in [-0.25, -0.2) is 9.97 Å². The Morgan fingerprint density at radius 2 is 1.94 bits per heavy atom. The number of nitrogens with zero attached hydrogens (tertiary/aromatic N) is 4. The first-order valence-corrected chi connectivity index (χ1v) is 6.38. The Morgan fingerprint density at radius 3 is 2.44 bits per heavy atom. The standard InChI is InChI=1S/C12H17ClN4O/c1-8-5-16(6-9(2)17(8)10(3)18)12-4-11(13)14-7-15-12/h4,7-9H,5-6H2,1-3H3/t8-,9?/m0/s1. The van der Waals surface area contributed by atoms with Crippen LogP contribution in [0, 0.1) is 0 Å². The van der Waals surface area contributed by atoms with Crippen LogP contribution in [0.2, 0.25) is 5.15 Å². The van der Waals surface area contributed by atoms with Crippen molar-refractivity contribution in [3.05, 3.63) is 17.5 Å². The first-order valence-electron chi connectivity index (χ1n) is 6.00. The van der Waals surface area contributed by atoms with Crippen LogP contribution in [0.15, 0.2) is 12.4 Å². The molecule has 2 atom stereocenters. The zero-order chi connectivity index (χ0) is 13.3. The van der Waals surface area contributed by atoms with E-state index in [1.165, 1.54) is 6.33 Å². The lowest BCUT2D eigenvalue weighted by Crippen LogP contribution is -2.58. The molecule has 0 bridgehead atoms. The van der Waals surface area contributed by atoms with Gasteiger partial charge in [0, 0.05) is 38.2 Å². The highest BCUT2D eigenvalue weighted by atomic mass is 35.5. The van der Waals surface area contributed by atoms with Gasteiger partial charge >= 0.3 is 0 Å². The molecule has 1 aromatic rings. The molecule has 1 unspecified atom stereocenters. The number of anilines is 1. The highest BCUT2D eigenvalue weighted by Crippen LogP contribution is 2.22. The number of halogens is 1. The van der Waals surface area contributed by atoms with E-state index in [0.717, 1.165) is 18.9 Å². The molecular weight excluding hydrogens is 252 g/mol. The van der Waals surface area contributed by atoms with E-state index in [-0.39, 0.29) is 18.0 Å². The summed E-state index contributed by atoms with van der Waals surface area (Å²) in [5.41, 5.74) is 0. The van der Waals surface area contributed by atoms with Crippen LogP contribution in [0.25, 0.3) is 0 Å². The predicted molar refractivity (Wildman–Crippen MR) is 70.7 cm³/mol. The molecule has 0 spiro atoms. The number of amides is 1. The van der Waals surface area contributed by atoms with Crippen LogP contribution in [-0.2, 0) is 4.79 Å². The molecule has 18 heavy (non-hydrogen) atoms. The topological polar surface area (TPSA) is 49.3 Å². The van der Waals surface area contributed by atoms with Crippen molar-refractivity contribution in [1.29, 1.82) is 0 Å². The van der Waals surface area contributed by atoms with Crippen molar-refractivity contribution >= 4 is 23.3 Å². The van der Waals surface area contributed by atoms with Crippen LogP contribution in [0.1, 0.15) is 20.8 Å². The van der Waals surface area contributed by atoms with E-state index in [2.05, 4.69) is 14.9 Å². The van der Waals surface area contributed by atoms with Gasteiger partial charge in [0.25, 0.3) is 0 Å². The van der Waals surface area contributed by atoms with Crippen molar-refractivity contribution in [3.8, 4) is 0 Å². The fourth-order valence-corrected chi connectivity index (χ4v) is 2.77. The van der Waals surface area contributed by atoms with E-state index in [0.29, 0.717) is 5.15 Å². The summed E-state index contributed by atoms with van der Waals surface area (Å²) in [4.78, 5) is 23.7. The Morgan fingerprint density at radius 1 is 1.33 bits per heavy atom. The second-order valence-electron chi connectivity index (χ2n) is 4.73. The Balaban J connectivity index is 2.17. The van der Waals surface area contributed by atoms with Gasteiger partial charge in [-0.05, 0) is 13.8 Å². The van der Waals surface area contributed by atoms with Crippen LogP contribution in [-0.4, -0.2) is 45.9 Å². The number of aromatic nitrogens is 2. The van der Waals surface area contributed by atoms with E-state index in [9.17, 15) is 4.79 Å². The number of hydrogen-bond donors (Lipinski definition) is 0. The smallest absolute Gasteiger partial charge is 0.220 e. The zero-order valence-corrected chi connectivity index (χ0v) is 11.6. The molecule has 1 fully saturated rings. The molecule has 1 saturated heterocycles. The minimum atomic E-state index is 0.121. The Hall–Kier alpha value is -1.36. The molecule has 1 aliphatic rings. The first-order chi connectivity index (χ1) is 8.49. The molecule has 5 nitrogen and oxygen atoms in total. The normalized spacial score (nSPS) is 24.2. The molecular formula is C12H17ClN4O. The summed E-state index contributed by atoms with van der Waals surface area (Å²) in [6.45, 7) is 7.23. The second-order valence-corrected chi connectivity index (χ2v) is 5.12. The van der Waals surface area contributed by atoms with Crippen LogP contribution in [0.3, 0.4) is 0 Å². The van der Waals surface area contributed by atoms with Crippen molar-refractivity contribution in [2.24, 2.45) is 0 Å². The minimum absolute atomic E-state index is 0.121. The van der Waals surface area contributed by atoms with Crippen molar-refractivity contribution in [1.82, 2.24) is 14.9 Å². The van der Waals surface area contributed by atoms with Crippen molar-refractivity contribution in [2.45, 2.75) is 32.9 Å². The quantitative estimate of drug-likeness (QED) is 0.726. The van der Waals surface area contributed by atoms with Crippen LogP contribution >= 0.6 is 11.6 Å². The molecule has 0 aromatic carbocycles. The summed E-state index contributed by atoms with van der Waals surface area (Å²) in [6, 6.07) is 2.09. The zero-order valence-electron chi connectivity index (χ0n) is 10.8. The van der Waals surface area contributed by atoms with Crippen molar-refractivity contribution in [3.63, 3.8) is 0 Å². The van der Waals surface area contributed by atoms with Gasteiger partial charge in [-0.2, -0.15) is 0 Å². The minimum Gasteiger partial charge on any atom is -0.352 e. The van der Waals surface area contributed by atoms with Gasteiger partial charge in [0.05, 0.1) is 0 Å². The van der Waals surface area contributed by atoms with Gasteiger partial charge in [-0.15, -0.1) is 0 Å². The van der Waals surface area contributed by atoms with Gasteiger partial charge in [0.2, 0.25) is 5.91 Å². The Kier molecular flexibility index (Phi) is 3.71. The highest BCUT2D eigenvalue weighted by Gasteiger charge is 2.31. The van der Waals surface area contributed by atoms with Crippen LogP contribution < -0.4 is 4.90 Å². The third-order valence-corrected chi connectivity index (χ3v) is 3.43. The maximum absolute atomic E-state index is 11.6. The number of carbonyl (C=O) groups is 1. The fraction of sp³-hybridized carbons (Fsp3) is 0.583. The maximum atomic E-state index is 11.6. The van der Waals surface area contributed by atoms with Crippen LogP contribution in [0.5, 0.6) is 0 Å². The SMILES string of the molecule is CC(=O)N1C(C)CN(c2cc(Cl)ncn2)C[C@@H]1C. The molecule has 1 aliphatic heterocycles. The van der Waals surface area contributed by atoms with E-state index in [4.69, 9.17) is 11.6 Å². The number of rotatable bonds is 1. The molecule has 2 heterocycles. The molecule has 1 amide bonds. The van der Waals surface area contributed by atoms with E-state index < -0.39 is 0 Å². The van der Waals surface area contributed by atoms with Gasteiger partial charge in [-0.1, -0.05) is 11.6 Å². The molecule has 0 N–H and O–H groups in total.